The first kappa shape index (κ1) is 26.9. The lowest BCUT2D eigenvalue weighted by Crippen LogP contribution is -2.37. The van der Waals surface area contributed by atoms with Crippen molar-refractivity contribution in [3.8, 4) is 0 Å². The number of hydrogen-bond donors (Lipinski definition) is 0. The van der Waals surface area contributed by atoms with Crippen molar-refractivity contribution in [2.24, 2.45) is 5.10 Å². The zero-order valence-corrected chi connectivity index (χ0v) is 23.5. The summed E-state index contributed by atoms with van der Waals surface area (Å²) in [6, 6.07) is 16.6. The van der Waals surface area contributed by atoms with Gasteiger partial charge in [0.1, 0.15) is 0 Å². The maximum Gasteiger partial charge on any atom is 0.300 e. The average molecular weight is 659 g/mol. The molecule has 2 aliphatic rings. The second-order valence-corrected chi connectivity index (χ2v) is 10.8. The number of ether oxygens (including phenoxy) is 1. The van der Waals surface area contributed by atoms with Gasteiger partial charge in [0.2, 0.25) is 0 Å². The molecule has 0 spiro atoms. The quantitative estimate of drug-likeness (QED) is 0.240. The van der Waals surface area contributed by atoms with Crippen LogP contribution in [0, 0.1) is 20.2 Å². The number of halogens is 2. The summed E-state index contributed by atoms with van der Waals surface area (Å²) in [5.74, 6) is -0.672. The van der Waals surface area contributed by atoms with E-state index in [9.17, 15) is 25.0 Å². The molecule has 39 heavy (non-hydrogen) atoms. The second kappa shape index (κ2) is 11.2. The number of rotatable bonds is 6. The molecule has 200 valence electrons. The van der Waals surface area contributed by atoms with Crippen molar-refractivity contribution in [2.75, 3.05) is 31.2 Å². The number of hydrazone groups is 1. The van der Waals surface area contributed by atoms with E-state index in [-0.39, 0.29) is 37.6 Å². The number of hydrogen-bond acceptors (Lipinski definition) is 8. The first-order valence-corrected chi connectivity index (χ1v) is 13.5. The molecule has 0 aliphatic carbocycles. The van der Waals surface area contributed by atoms with E-state index in [1.807, 2.05) is 48.5 Å². The van der Waals surface area contributed by atoms with Crippen LogP contribution in [-0.4, -0.2) is 52.8 Å². The van der Waals surface area contributed by atoms with Crippen LogP contribution in [0.5, 0.6) is 0 Å². The zero-order valence-electron chi connectivity index (χ0n) is 20.3. The molecule has 2 heterocycles. The van der Waals surface area contributed by atoms with Gasteiger partial charge in [0.05, 0.1) is 40.4 Å². The Bertz CT molecular complexity index is 1440. The lowest BCUT2D eigenvalue weighted by atomic mass is 9.98. The predicted molar refractivity (Wildman–Crippen MR) is 151 cm³/mol. The third-order valence-electron chi connectivity index (χ3n) is 6.59. The van der Waals surface area contributed by atoms with Crippen LogP contribution in [-0.2, 0) is 4.74 Å². The van der Waals surface area contributed by atoms with Crippen LogP contribution in [0.4, 0.5) is 17.1 Å². The number of anilines is 1. The fourth-order valence-corrected chi connectivity index (χ4v) is 5.24. The Morgan fingerprint density at radius 2 is 1.44 bits per heavy atom. The number of nitrogens with zero attached hydrogens (tertiary/aromatic N) is 5. The van der Waals surface area contributed by atoms with Crippen molar-refractivity contribution in [3.63, 3.8) is 0 Å². The molecule has 5 rings (SSSR count). The van der Waals surface area contributed by atoms with Crippen molar-refractivity contribution in [1.29, 1.82) is 0 Å². The summed E-state index contributed by atoms with van der Waals surface area (Å²) >= 11 is 6.84. The summed E-state index contributed by atoms with van der Waals surface area (Å²) in [5, 5.41) is 30.0. The Morgan fingerprint density at radius 3 is 1.97 bits per heavy atom. The summed E-state index contributed by atoms with van der Waals surface area (Å²) < 4.78 is 7.06. The minimum Gasteiger partial charge on any atom is -0.378 e. The number of benzene rings is 3. The molecule has 2 aliphatic heterocycles. The average Bonchev–Trinajstić information content (AvgIpc) is 3.38. The van der Waals surface area contributed by atoms with E-state index in [0.717, 1.165) is 32.2 Å². The third-order valence-corrected chi connectivity index (χ3v) is 7.65. The normalized spacial score (nSPS) is 17.2. The standard InChI is InChI=1S/C26H21Br2N5O6/c27-19-5-1-16(2-6-19)21-15-22(17-3-7-20(28)8-4-17)31(29-21)26(34)18-13-23(32(35)36)25(24(14-18)33(37)38)30-9-11-39-12-10-30/h1-8,13-14,22H,9-12,15H2/t22-/m0/s1. The van der Waals surface area contributed by atoms with Crippen LogP contribution >= 0.6 is 31.9 Å². The van der Waals surface area contributed by atoms with Gasteiger partial charge in [-0.2, -0.15) is 5.10 Å². The van der Waals surface area contributed by atoms with Gasteiger partial charge in [-0.1, -0.05) is 56.1 Å². The Kier molecular flexibility index (Phi) is 7.73. The third kappa shape index (κ3) is 5.56. The van der Waals surface area contributed by atoms with Crippen LogP contribution in [0.25, 0.3) is 0 Å². The molecule has 0 aromatic heterocycles. The first-order chi connectivity index (χ1) is 18.7. The van der Waals surface area contributed by atoms with Crippen molar-refractivity contribution < 1.29 is 19.4 Å². The predicted octanol–water partition coefficient (Wildman–Crippen LogP) is 5.86. The summed E-state index contributed by atoms with van der Waals surface area (Å²) in [5.41, 5.74) is 0.935. The Morgan fingerprint density at radius 1 is 0.897 bits per heavy atom. The Labute approximate surface area is 239 Å². The summed E-state index contributed by atoms with van der Waals surface area (Å²) in [4.78, 5) is 38.2. The SMILES string of the molecule is O=C(c1cc([N+](=O)[O-])c(N2CCOCC2)c([N+](=O)[O-])c1)N1N=C(c2ccc(Br)cc2)C[C@H]1c1ccc(Br)cc1. The molecule has 13 heteroatoms. The molecule has 3 aromatic rings. The van der Waals surface area contributed by atoms with Crippen LogP contribution in [0.3, 0.4) is 0 Å². The molecule has 3 aromatic carbocycles. The van der Waals surface area contributed by atoms with E-state index in [1.54, 1.807) is 4.90 Å². The van der Waals surface area contributed by atoms with Crippen LogP contribution in [0.2, 0.25) is 0 Å². The summed E-state index contributed by atoms with van der Waals surface area (Å²) in [7, 11) is 0. The minimum atomic E-state index is -0.693. The van der Waals surface area contributed by atoms with Gasteiger partial charge in [-0.3, -0.25) is 25.0 Å². The van der Waals surface area contributed by atoms with Gasteiger partial charge in [0.15, 0.2) is 5.69 Å². The number of nitro groups is 2. The summed E-state index contributed by atoms with van der Waals surface area (Å²) in [6.07, 6.45) is 0.394. The molecule has 11 nitrogen and oxygen atoms in total. The van der Waals surface area contributed by atoms with Crippen molar-refractivity contribution in [2.45, 2.75) is 12.5 Å². The molecule has 0 saturated carbocycles. The topological polar surface area (TPSA) is 131 Å². The largest absolute Gasteiger partial charge is 0.378 e. The number of carbonyl (C=O) groups excluding carboxylic acids is 1. The molecule has 0 bridgehead atoms. The fourth-order valence-electron chi connectivity index (χ4n) is 4.71. The van der Waals surface area contributed by atoms with Gasteiger partial charge in [-0.15, -0.1) is 0 Å². The highest BCUT2D eigenvalue weighted by Crippen LogP contribution is 2.41. The summed E-state index contributed by atoms with van der Waals surface area (Å²) in [6.45, 7) is 1.08. The Balaban J connectivity index is 1.60. The van der Waals surface area contributed by atoms with Gasteiger partial charge >= 0.3 is 0 Å². The fraction of sp³-hybridized carbons (Fsp3) is 0.231. The molecule has 0 N–H and O–H groups in total. The number of amides is 1. The molecule has 1 saturated heterocycles. The molecule has 0 radical (unpaired) electrons. The van der Waals surface area contributed by atoms with E-state index in [4.69, 9.17) is 4.74 Å². The Hall–Kier alpha value is -3.68. The number of morpholine rings is 1. The lowest BCUT2D eigenvalue weighted by molar-refractivity contribution is -0.392. The number of nitro benzene ring substituents is 2. The van der Waals surface area contributed by atoms with Crippen molar-refractivity contribution in [3.05, 3.63) is 107 Å². The first-order valence-electron chi connectivity index (χ1n) is 11.9. The van der Waals surface area contributed by atoms with Gasteiger partial charge in [0.25, 0.3) is 17.3 Å². The molecular weight excluding hydrogens is 638 g/mol. The van der Waals surface area contributed by atoms with E-state index in [2.05, 4.69) is 37.0 Å². The minimum absolute atomic E-state index is 0.130. The smallest absolute Gasteiger partial charge is 0.300 e. The molecule has 1 atom stereocenters. The second-order valence-electron chi connectivity index (χ2n) is 8.95. The maximum absolute atomic E-state index is 13.9. The van der Waals surface area contributed by atoms with E-state index >= 15 is 0 Å². The highest BCUT2D eigenvalue weighted by molar-refractivity contribution is 9.10. The monoisotopic (exact) mass is 657 g/mol. The van der Waals surface area contributed by atoms with Gasteiger partial charge in [0, 0.05) is 40.6 Å². The van der Waals surface area contributed by atoms with Crippen LogP contribution < -0.4 is 4.90 Å². The molecular formula is C26H21Br2N5O6. The maximum atomic E-state index is 13.9. The van der Waals surface area contributed by atoms with Gasteiger partial charge in [-0.25, -0.2) is 5.01 Å². The molecule has 1 amide bonds. The van der Waals surface area contributed by atoms with Crippen molar-refractivity contribution in [1.82, 2.24) is 5.01 Å². The molecule has 1 fully saturated rings. The number of carbonyl (C=O) groups is 1. The lowest BCUT2D eigenvalue weighted by Gasteiger charge is -2.28. The highest BCUT2D eigenvalue weighted by Gasteiger charge is 2.38. The van der Waals surface area contributed by atoms with Gasteiger partial charge < -0.3 is 9.64 Å². The van der Waals surface area contributed by atoms with Crippen LogP contribution in [0.15, 0.2) is 74.7 Å². The van der Waals surface area contributed by atoms with E-state index in [0.29, 0.717) is 12.1 Å². The van der Waals surface area contributed by atoms with E-state index < -0.39 is 33.2 Å². The molecule has 0 unspecified atom stereocenters. The van der Waals surface area contributed by atoms with E-state index in [1.165, 1.54) is 5.01 Å². The zero-order chi connectivity index (χ0) is 27.7. The highest BCUT2D eigenvalue weighted by atomic mass is 79.9. The van der Waals surface area contributed by atoms with Crippen molar-refractivity contribution >= 4 is 60.5 Å². The van der Waals surface area contributed by atoms with Crippen LogP contribution in [0.1, 0.15) is 33.9 Å². The van der Waals surface area contributed by atoms with Gasteiger partial charge in [-0.05, 0) is 35.4 Å².